The van der Waals surface area contributed by atoms with Crippen molar-refractivity contribution in [1.82, 2.24) is 4.90 Å². The van der Waals surface area contributed by atoms with Gasteiger partial charge >= 0.3 is 0 Å². The van der Waals surface area contributed by atoms with Crippen molar-refractivity contribution in [1.29, 1.82) is 0 Å². The highest BCUT2D eigenvalue weighted by Crippen LogP contribution is 2.15. The van der Waals surface area contributed by atoms with Gasteiger partial charge in [0.25, 0.3) is 0 Å². The molecule has 1 aromatic carbocycles. The standard InChI is InChI=1S/C13H19N.C2H6/c1-2-9-14-10-7-12-5-3-4-6-13(12)8-11-14;1-2/h3-6H,2,7-11H2,1H3;1-2H3. The molecule has 0 atom stereocenters. The first kappa shape index (κ1) is 13.2. The van der Waals surface area contributed by atoms with Crippen LogP contribution in [0.1, 0.15) is 38.3 Å². The van der Waals surface area contributed by atoms with Crippen LogP contribution in [0.4, 0.5) is 0 Å². The molecule has 0 saturated heterocycles. The van der Waals surface area contributed by atoms with Crippen molar-refractivity contribution in [2.24, 2.45) is 0 Å². The summed E-state index contributed by atoms with van der Waals surface area (Å²) in [5, 5.41) is 0. The molecule has 0 fully saturated rings. The van der Waals surface area contributed by atoms with Crippen molar-refractivity contribution in [2.45, 2.75) is 40.0 Å². The first-order chi connectivity index (χ1) is 7.90. The zero-order valence-corrected chi connectivity index (χ0v) is 11.0. The van der Waals surface area contributed by atoms with Gasteiger partial charge in [0, 0.05) is 13.1 Å². The molecule has 0 aliphatic carbocycles. The second kappa shape index (κ2) is 7.45. The van der Waals surface area contributed by atoms with Crippen molar-refractivity contribution >= 4 is 0 Å². The molecular weight excluding hydrogens is 194 g/mol. The minimum atomic E-state index is 1.23. The highest BCUT2D eigenvalue weighted by Gasteiger charge is 2.11. The maximum Gasteiger partial charge on any atom is 0.00220 e. The summed E-state index contributed by atoms with van der Waals surface area (Å²) in [6.45, 7) is 10.0. The Morgan fingerprint density at radius 1 is 1.00 bits per heavy atom. The van der Waals surface area contributed by atoms with Gasteiger partial charge in [0.2, 0.25) is 0 Å². The second-order valence-corrected chi connectivity index (χ2v) is 4.11. The summed E-state index contributed by atoms with van der Waals surface area (Å²) in [6, 6.07) is 8.89. The molecule has 0 N–H and O–H groups in total. The van der Waals surface area contributed by atoms with Crippen molar-refractivity contribution in [3.8, 4) is 0 Å². The number of hydrogen-bond donors (Lipinski definition) is 0. The molecule has 0 bridgehead atoms. The number of fused-ring (bicyclic) bond motifs is 1. The Morgan fingerprint density at radius 2 is 1.50 bits per heavy atom. The maximum absolute atomic E-state index is 2.58. The molecule has 1 nitrogen and oxygen atoms in total. The minimum absolute atomic E-state index is 1.23. The summed E-state index contributed by atoms with van der Waals surface area (Å²) in [5.74, 6) is 0. The Labute approximate surface area is 100 Å². The topological polar surface area (TPSA) is 3.24 Å². The molecule has 0 amide bonds. The zero-order chi connectivity index (χ0) is 11.8. The van der Waals surface area contributed by atoms with Crippen LogP contribution in [0.2, 0.25) is 0 Å². The summed E-state index contributed by atoms with van der Waals surface area (Å²) in [7, 11) is 0. The van der Waals surface area contributed by atoms with E-state index in [4.69, 9.17) is 0 Å². The Morgan fingerprint density at radius 3 is 1.94 bits per heavy atom. The van der Waals surface area contributed by atoms with Crippen LogP contribution in [0, 0.1) is 0 Å². The zero-order valence-electron chi connectivity index (χ0n) is 11.0. The quantitative estimate of drug-likeness (QED) is 0.735. The lowest BCUT2D eigenvalue weighted by Gasteiger charge is -2.18. The Hall–Kier alpha value is -0.820. The third-order valence-electron chi connectivity index (χ3n) is 3.05. The summed E-state index contributed by atoms with van der Waals surface area (Å²) in [6.07, 6.45) is 3.74. The lowest BCUT2D eigenvalue weighted by atomic mass is 10.0. The van der Waals surface area contributed by atoms with Gasteiger partial charge in [0.1, 0.15) is 0 Å². The van der Waals surface area contributed by atoms with Crippen LogP contribution in [0.15, 0.2) is 24.3 Å². The smallest absolute Gasteiger partial charge is 0.00220 e. The highest BCUT2D eigenvalue weighted by molar-refractivity contribution is 5.28. The molecule has 1 aliphatic rings. The average molecular weight is 219 g/mol. The van der Waals surface area contributed by atoms with E-state index in [2.05, 4.69) is 36.1 Å². The Bertz CT molecular complexity index is 266. The SMILES string of the molecule is CC.CCCN1CCc2ccccc2CC1. The Balaban J connectivity index is 0.000000606. The van der Waals surface area contributed by atoms with Crippen molar-refractivity contribution in [2.75, 3.05) is 19.6 Å². The van der Waals surface area contributed by atoms with Crippen LogP contribution in [0.5, 0.6) is 0 Å². The van der Waals surface area contributed by atoms with Crippen LogP contribution in [0.25, 0.3) is 0 Å². The van der Waals surface area contributed by atoms with E-state index in [1.165, 1.54) is 38.9 Å². The lowest BCUT2D eigenvalue weighted by Crippen LogP contribution is -2.27. The van der Waals surface area contributed by atoms with E-state index in [0.29, 0.717) is 0 Å². The van der Waals surface area contributed by atoms with Crippen molar-refractivity contribution in [3.63, 3.8) is 0 Å². The fourth-order valence-electron chi connectivity index (χ4n) is 2.25. The molecule has 16 heavy (non-hydrogen) atoms. The molecule has 0 saturated carbocycles. The first-order valence-electron chi connectivity index (χ1n) is 6.69. The minimum Gasteiger partial charge on any atom is -0.303 e. The first-order valence-corrected chi connectivity index (χ1v) is 6.69. The van der Waals surface area contributed by atoms with E-state index in [1.807, 2.05) is 13.8 Å². The van der Waals surface area contributed by atoms with E-state index in [-0.39, 0.29) is 0 Å². The van der Waals surface area contributed by atoms with E-state index in [1.54, 1.807) is 11.1 Å². The Kier molecular flexibility index (Phi) is 6.17. The van der Waals surface area contributed by atoms with Gasteiger partial charge in [-0.1, -0.05) is 45.0 Å². The van der Waals surface area contributed by atoms with Crippen molar-refractivity contribution in [3.05, 3.63) is 35.4 Å². The normalized spacial score (nSPS) is 15.7. The monoisotopic (exact) mass is 219 g/mol. The molecule has 1 heteroatoms. The summed E-state index contributed by atoms with van der Waals surface area (Å²) in [5.41, 5.74) is 3.12. The number of benzene rings is 1. The van der Waals surface area contributed by atoms with Gasteiger partial charge in [-0.05, 0) is 36.9 Å². The largest absolute Gasteiger partial charge is 0.303 e. The highest BCUT2D eigenvalue weighted by atomic mass is 15.1. The van der Waals surface area contributed by atoms with Crippen LogP contribution in [0.3, 0.4) is 0 Å². The van der Waals surface area contributed by atoms with Gasteiger partial charge in [-0.3, -0.25) is 0 Å². The van der Waals surface area contributed by atoms with Gasteiger partial charge in [0.05, 0.1) is 0 Å². The van der Waals surface area contributed by atoms with Crippen LogP contribution < -0.4 is 0 Å². The predicted octanol–water partition coefficient (Wildman–Crippen LogP) is 3.52. The molecule has 0 unspecified atom stereocenters. The van der Waals surface area contributed by atoms with E-state index in [0.717, 1.165) is 0 Å². The number of rotatable bonds is 2. The molecule has 1 heterocycles. The fourth-order valence-corrected chi connectivity index (χ4v) is 2.25. The van der Waals surface area contributed by atoms with E-state index in [9.17, 15) is 0 Å². The summed E-state index contributed by atoms with van der Waals surface area (Å²) in [4.78, 5) is 2.58. The predicted molar refractivity (Wildman–Crippen MR) is 71.9 cm³/mol. The van der Waals surface area contributed by atoms with E-state index < -0.39 is 0 Å². The molecule has 1 aliphatic heterocycles. The van der Waals surface area contributed by atoms with E-state index >= 15 is 0 Å². The lowest BCUT2D eigenvalue weighted by molar-refractivity contribution is 0.288. The van der Waals surface area contributed by atoms with Gasteiger partial charge in [-0.2, -0.15) is 0 Å². The van der Waals surface area contributed by atoms with Gasteiger partial charge < -0.3 is 4.90 Å². The molecule has 0 spiro atoms. The molecule has 2 rings (SSSR count). The van der Waals surface area contributed by atoms with Gasteiger partial charge in [0.15, 0.2) is 0 Å². The molecule has 0 aromatic heterocycles. The summed E-state index contributed by atoms with van der Waals surface area (Å²) >= 11 is 0. The van der Waals surface area contributed by atoms with Crippen LogP contribution in [-0.4, -0.2) is 24.5 Å². The van der Waals surface area contributed by atoms with Gasteiger partial charge in [-0.15, -0.1) is 0 Å². The van der Waals surface area contributed by atoms with Gasteiger partial charge in [-0.25, -0.2) is 0 Å². The number of hydrogen-bond acceptors (Lipinski definition) is 1. The molecule has 90 valence electrons. The van der Waals surface area contributed by atoms with Crippen molar-refractivity contribution < 1.29 is 0 Å². The molecular formula is C15H25N. The maximum atomic E-state index is 2.58. The third kappa shape index (κ3) is 3.64. The second-order valence-electron chi connectivity index (χ2n) is 4.11. The fraction of sp³-hybridized carbons (Fsp3) is 0.600. The molecule has 1 aromatic rings. The summed E-state index contributed by atoms with van der Waals surface area (Å²) < 4.78 is 0. The average Bonchev–Trinajstić information content (AvgIpc) is 2.56. The molecule has 0 radical (unpaired) electrons. The van der Waals surface area contributed by atoms with Crippen LogP contribution in [-0.2, 0) is 12.8 Å². The van der Waals surface area contributed by atoms with Crippen LogP contribution >= 0.6 is 0 Å². The third-order valence-corrected chi connectivity index (χ3v) is 3.05. The number of nitrogens with zero attached hydrogens (tertiary/aromatic N) is 1.